The zero-order chi connectivity index (χ0) is 12.4. The molecule has 2 aromatic carbocycles. The summed E-state index contributed by atoms with van der Waals surface area (Å²) in [6.45, 7) is 2.01. The van der Waals surface area contributed by atoms with Gasteiger partial charge in [-0.2, -0.15) is 0 Å². The van der Waals surface area contributed by atoms with Crippen molar-refractivity contribution in [2.24, 2.45) is 0 Å². The molecule has 0 fully saturated rings. The quantitative estimate of drug-likeness (QED) is 0.814. The van der Waals surface area contributed by atoms with Crippen LogP contribution in [0.15, 0.2) is 40.9 Å². The van der Waals surface area contributed by atoms with Crippen molar-refractivity contribution in [1.29, 1.82) is 0 Å². The lowest BCUT2D eigenvalue weighted by Crippen LogP contribution is -1.95. The SMILES string of the molecule is Cc1ccc(Nc2cc(N)cc(F)c2)c(Br)c1. The largest absolute Gasteiger partial charge is 0.399 e. The summed E-state index contributed by atoms with van der Waals surface area (Å²) < 4.78 is 14.1. The number of rotatable bonds is 2. The van der Waals surface area contributed by atoms with Crippen LogP contribution in [-0.4, -0.2) is 0 Å². The summed E-state index contributed by atoms with van der Waals surface area (Å²) in [6, 6.07) is 10.3. The van der Waals surface area contributed by atoms with Crippen molar-refractivity contribution in [3.63, 3.8) is 0 Å². The number of benzene rings is 2. The second kappa shape index (κ2) is 4.75. The lowest BCUT2D eigenvalue weighted by Gasteiger charge is -2.10. The van der Waals surface area contributed by atoms with E-state index in [4.69, 9.17) is 5.73 Å². The van der Waals surface area contributed by atoms with E-state index in [9.17, 15) is 4.39 Å². The van der Waals surface area contributed by atoms with Crippen LogP contribution in [0.2, 0.25) is 0 Å². The summed E-state index contributed by atoms with van der Waals surface area (Å²) >= 11 is 3.45. The maximum absolute atomic E-state index is 13.2. The molecule has 0 aliphatic rings. The molecule has 0 aliphatic heterocycles. The van der Waals surface area contributed by atoms with E-state index in [-0.39, 0.29) is 5.82 Å². The zero-order valence-corrected chi connectivity index (χ0v) is 10.9. The summed E-state index contributed by atoms with van der Waals surface area (Å²) in [5.41, 5.74) is 8.64. The van der Waals surface area contributed by atoms with Gasteiger partial charge in [0.25, 0.3) is 0 Å². The van der Waals surface area contributed by atoms with Crippen LogP contribution < -0.4 is 11.1 Å². The molecule has 0 saturated carbocycles. The van der Waals surface area contributed by atoms with Crippen molar-refractivity contribution in [3.8, 4) is 0 Å². The smallest absolute Gasteiger partial charge is 0.127 e. The van der Waals surface area contributed by atoms with Gasteiger partial charge in [-0.25, -0.2) is 4.39 Å². The van der Waals surface area contributed by atoms with Crippen molar-refractivity contribution >= 4 is 33.0 Å². The van der Waals surface area contributed by atoms with Gasteiger partial charge in [-0.05, 0) is 58.7 Å². The Hall–Kier alpha value is -1.55. The molecule has 0 aromatic heterocycles. The van der Waals surface area contributed by atoms with Gasteiger partial charge in [-0.15, -0.1) is 0 Å². The highest BCUT2D eigenvalue weighted by atomic mass is 79.9. The van der Waals surface area contributed by atoms with E-state index in [0.29, 0.717) is 11.4 Å². The maximum Gasteiger partial charge on any atom is 0.127 e. The van der Waals surface area contributed by atoms with E-state index < -0.39 is 0 Å². The minimum Gasteiger partial charge on any atom is -0.399 e. The molecule has 0 amide bonds. The highest BCUT2D eigenvalue weighted by Crippen LogP contribution is 2.27. The third kappa shape index (κ3) is 2.97. The zero-order valence-electron chi connectivity index (χ0n) is 9.30. The molecular weight excluding hydrogens is 283 g/mol. The Balaban J connectivity index is 2.31. The Morgan fingerprint density at radius 1 is 1.18 bits per heavy atom. The predicted molar refractivity (Wildman–Crippen MR) is 73.0 cm³/mol. The molecule has 0 spiro atoms. The Morgan fingerprint density at radius 2 is 1.94 bits per heavy atom. The van der Waals surface area contributed by atoms with Crippen LogP contribution in [-0.2, 0) is 0 Å². The lowest BCUT2D eigenvalue weighted by atomic mass is 10.2. The molecule has 0 bridgehead atoms. The first kappa shape index (κ1) is 11.9. The highest BCUT2D eigenvalue weighted by molar-refractivity contribution is 9.10. The van der Waals surface area contributed by atoms with Crippen molar-refractivity contribution in [3.05, 3.63) is 52.3 Å². The van der Waals surface area contributed by atoms with Gasteiger partial charge < -0.3 is 11.1 Å². The molecule has 0 saturated heterocycles. The standard InChI is InChI=1S/C13H12BrFN2/c1-8-2-3-13(12(14)4-8)17-11-6-9(15)5-10(16)7-11/h2-7,17H,16H2,1H3. The molecule has 4 heteroatoms. The van der Waals surface area contributed by atoms with Crippen LogP contribution in [0.25, 0.3) is 0 Å². The van der Waals surface area contributed by atoms with Crippen molar-refractivity contribution < 1.29 is 4.39 Å². The van der Waals surface area contributed by atoms with Gasteiger partial charge in [0.15, 0.2) is 0 Å². The first-order chi connectivity index (χ1) is 8.04. The fourth-order valence-corrected chi connectivity index (χ4v) is 2.15. The van der Waals surface area contributed by atoms with Gasteiger partial charge in [0.1, 0.15) is 5.82 Å². The van der Waals surface area contributed by atoms with Gasteiger partial charge in [-0.1, -0.05) is 6.07 Å². The molecule has 2 aromatic rings. The van der Waals surface area contributed by atoms with Gasteiger partial charge in [-0.3, -0.25) is 0 Å². The van der Waals surface area contributed by atoms with Crippen LogP contribution in [0.3, 0.4) is 0 Å². The fourth-order valence-electron chi connectivity index (χ4n) is 1.56. The number of nitrogen functional groups attached to an aromatic ring is 1. The van der Waals surface area contributed by atoms with E-state index in [2.05, 4.69) is 21.2 Å². The molecule has 2 nitrogen and oxygen atoms in total. The monoisotopic (exact) mass is 294 g/mol. The lowest BCUT2D eigenvalue weighted by molar-refractivity contribution is 0.629. The molecule has 3 N–H and O–H groups in total. The van der Waals surface area contributed by atoms with E-state index in [1.807, 2.05) is 25.1 Å². The van der Waals surface area contributed by atoms with E-state index in [1.54, 1.807) is 6.07 Å². The minimum atomic E-state index is -0.351. The fraction of sp³-hybridized carbons (Fsp3) is 0.0769. The summed E-state index contributed by atoms with van der Waals surface area (Å²) in [6.07, 6.45) is 0. The van der Waals surface area contributed by atoms with Gasteiger partial charge >= 0.3 is 0 Å². The van der Waals surface area contributed by atoms with Crippen molar-refractivity contribution in [2.75, 3.05) is 11.1 Å². The van der Waals surface area contributed by atoms with E-state index in [0.717, 1.165) is 15.7 Å². The Labute approximate surface area is 108 Å². The second-order valence-electron chi connectivity index (χ2n) is 3.88. The van der Waals surface area contributed by atoms with E-state index in [1.165, 1.54) is 12.1 Å². The first-order valence-corrected chi connectivity index (χ1v) is 5.93. The van der Waals surface area contributed by atoms with Crippen LogP contribution in [0.4, 0.5) is 21.5 Å². The van der Waals surface area contributed by atoms with Crippen LogP contribution in [0.1, 0.15) is 5.56 Å². The third-order valence-corrected chi connectivity index (χ3v) is 2.98. The van der Waals surface area contributed by atoms with Crippen LogP contribution in [0.5, 0.6) is 0 Å². The Morgan fingerprint density at radius 3 is 2.59 bits per heavy atom. The normalized spacial score (nSPS) is 10.3. The van der Waals surface area contributed by atoms with E-state index >= 15 is 0 Å². The summed E-state index contributed by atoms with van der Waals surface area (Å²) in [4.78, 5) is 0. The van der Waals surface area contributed by atoms with Crippen LogP contribution >= 0.6 is 15.9 Å². The summed E-state index contributed by atoms with van der Waals surface area (Å²) in [7, 11) is 0. The summed E-state index contributed by atoms with van der Waals surface area (Å²) in [5.74, 6) is -0.351. The topological polar surface area (TPSA) is 38.0 Å². The minimum absolute atomic E-state index is 0.351. The number of hydrogen-bond acceptors (Lipinski definition) is 2. The molecule has 0 atom stereocenters. The predicted octanol–water partition coefficient (Wildman–Crippen LogP) is 4.22. The third-order valence-electron chi connectivity index (χ3n) is 2.32. The molecule has 0 aliphatic carbocycles. The average molecular weight is 295 g/mol. The number of aryl methyl sites for hydroxylation is 1. The molecule has 88 valence electrons. The Bertz CT molecular complexity index is 535. The van der Waals surface area contributed by atoms with Gasteiger partial charge in [0, 0.05) is 15.8 Å². The van der Waals surface area contributed by atoms with Crippen LogP contribution in [0, 0.1) is 12.7 Å². The number of nitrogens with two attached hydrogens (primary N) is 1. The van der Waals surface area contributed by atoms with Crippen molar-refractivity contribution in [2.45, 2.75) is 6.92 Å². The molecule has 0 unspecified atom stereocenters. The maximum atomic E-state index is 13.2. The van der Waals surface area contributed by atoms with Crippen molar-refractivity contribution in [1.82, 2.24) is 0 Å². The molecular formula is C13H12BrFN2. The highest BCUT2D eigenvalue weighted by Gasteiger charge is 2.02. The first-order valence-electron chi connectivity index (χ1n) is 5.14. The Kier molecular flexibility index (Phi) is 3.33. The number of anilines is 3. The number of nitrogens with one attached hydrogen (secondary N) is 1. The molecule has 0 radical (unpaired) electrons. The average Bonchev–Trinajstić information content (AvgIpc) is 2.21. The summed E-state index contributed by atoms with van der Waals surface area (Å²) in [5, 5.41) is 3.11. The molecule has 0 heterocycles. The second-order valence-corrected chi connectivity index (χ2v) is 4.74. The number of hydrogen-bond donors (Lipinski definition) is 2. The van der Waals surface area contributed by atoms with Gasteiger partial charge in [0.05, 0.1) is 5.69 Å². The molecule has 17 heavy (non-hydrogen) atoms. The van der Waals surface area contributed by atoms with Gasteiger partial charge in [0.2, 0.25) is 0 Å². The molecule has 2 rings (SSSR count). The number of halogens is 2.